The molecule has 0 atom stereocenters. The minimum absolute atomic E-state index is 0. The highest BCUT2D eigenvalue weighted by Gasteiger charge is 2.39. The lowest BCUT2D eigenvalue weighted by molar-refractivity contribution is 0.126. The van der Waals surface area contributed by atoms with Crippen LogP contribution in [0, 0.1) is 0 Å². The molecule has 0 aromatic carbocycles. The molecule has 0 radical (unpaired) electrons. The number of nitrogens with zero attached hydrogens (tertiary/aromatic N) is 1. The van der Waals surface area contributed by atoms with E-state index < -0.39 is 8.97 Å². The van der Waals surface area contributed by atoms with Crippen molar-refractivity contribution in [1.82, 2.24) is 0 Å². The van der Waals surface area contributed by atoms with Crippen LogP contribution < -0.4 is 0 Å². The quantitative estimate of drug-likeness (QED) is 0.303. The molecule has 5 nitrogen and oxygen atoms in total. The average molecular weight is 195 g/mol. The zero-order chi connectivity index (χ0) is 8.04. The van der Waals surface area contributed by atoms with Crippen molar-refractivity contribution in [2.75, 3.05) is 21.3 Å². The summed E-state index contributed by atoms with van der Waals surface area (Å²) in [6.45, 7) is 0. The maximum absolute atomic E-state index is 9.80. The van der Waals surface area contributed by atoms with Crippen LogP contribution in [0.15, 0.2) is 4.66 Å². The average Bonchev–Trinajstić information content (AvgIpc) is 2.01. The first kappa shape index (κ1) is 13.3. The molecule has 0 aliphatic carbocycles. The third-order valence-corrected chi connectivity index (χ3v) is 2.87. The summed E-state index contributed by atoms with van der Waals surface area (Å²) in [5, 5.41) is 0. The summed E-state index contributed by atoms with van der Waals surface area (Å²) >= 11 is 0. The maximum atomic E-state index is 9.80. The minimum atomic E-state index is -3.02. The second-order valence-corrected chi connectivity index (χ2v) is 3.84. The van der Waals surface area contributed by atoms with Crippen molar-refractivity contribution in [2.45, 2.75) is 0 Å². The second-order valence-electron chi connectivity index (χ2n) is 1.34. The van der Waals surface area contributed by atoms with Gasteiger partial charge in [-0.2, -0.15) is 4.66 Å². The molecule has 0 heterocycles. The van der Waals surface area contributed by atoms with E-state index in [1.54, 1.807) is 0 Å². The first-order chi connectivity index (χ1) is 4.74. The normalized spacial score (nSPS) is 9.73. The van der Waals surface area contributed by atoms with Gasteiger partial charge in [0, 0.05) is 21.3 Å². The van der Waals surface area contributed by atoms with Gasteiger partial charge in [0.2, 0.25) is 6.08 Å². The van der Waals surface area contributed by atoms with Crippen LogP contribution >= 0.6 is 0 Å². The van der Waals surface area contributed by atoms with Gasteiger partial charge >= 0.3 is 8.97 Å². The number of hydrogen-bond donors (Lipinski definition) is 0. The van der Waals surface area contributed by atoms with E-state index in [4.69, 9.17) is 13.3 Å². The lowest BCUT2D eigenvalue weighted by atomic mass is 11.7. The lowest BCUT2D eigenvalue weighted by Gasteiger charge is -2.15. The van der Waals surface area contributed by atoms with E-state index >= 15 is 0 Å². The molecule has 0 unspecified atom stereocenters. The highest BCUT2D eigenvalue weighted by Crippen LogP contribution is 2.04. The molecule has 0 aliphatic heterocycles. The summed E-state index contributed by atoms with van der Waals surface area (Å²) in [5.74, 6) is 0. The molecule has 0 aromatic heterocycles. The van der Waals surface area contributed by atoms with E-state index in [0.29, 0.717) is 0 Å². The van der Waals surface area contributed by atoms with Crippen LogP contribution in [0.2, 0.25) is 0 Å². The van der Waals surface area contributed by atoms with Gasteiger partial charge in [0.15, 0.2) is 0 Å². The Morgan fingerprint density at radius 3 is 1.64 bits per heavy atom. The van der Waals surface area contributed by atoms with Crippen molar-refractivity contribution in [3.05, 3.63) is 0 Å². The largest absolute Gasteiger partial charge is 0.662 e. The van der Waals surface area contributed by atoms with Gasteiger partial charge in [-0.05, 0) is 11.0 Å². The summed E-state index contributed by atoms with van der Waals surface area (Å²) in [6.07, 6.45) is 1.32. The third kappa shape index (κ3) is 3.56. The summed E-state index contributed by atoms with van der Waals surface area (Å²) < 4.78 is 17.5. The van der Waals surface area contributed by atoms with E-state index in [-0.39, 0.29) is 11.0 Å². The third-order valence-electron chi connectivity index (χ3n) is 0.956. The Morgan fingerprint density at radius 1 is 1.18 bits per heavy atom. The molecule has 0 fully saturated rings. The molecule has 0 aromatic rings. The summed E-state index contributed by atoms with van der Waals surface area (Å²) in [4.78, 5) is 9.80. The molecule has 0 N–H and O–H groups in total. The Kier molecular flexibility index (Phi) is 7.74. The van der Waals surface area contributed by atoms with Crippen molar-refractivity contribution in [3.63, 3.8) is 0 Å². The van der Waals surface area contributed by atoms with Crippen molar-refractivity contribution in [3.8, 4) is 0 Å². The zero-order valence-electron chi connectivity index (χ0n) is 6.08. The summed E-state index contributed by atoms with van der Waals surface area (Å²) in [5.41, 5.74) is 0. The predicted molar refractivity (Wildman–Crippen MR) is 46.2 cm³/mol. The smallest absolute Gasteiger partial charge is 0.358 e. The van der Waals surface area contributed by atoms with Gasteiger partial charge in [-0.3, -0.25) is 0 Å². The first-order valence-corrected chi connectivity index (χ1v) is 4.16. The van der Waals surface area contributed by atoms with Crippen LogP contribution in [0.25, 0.3) is 0 Å². The molecule has 7 heteroatoms. The van der Waals surface area contributed by atoms with Crippen LogP contribution in [0.5, 0.6) is 0 Å². The minimum Gasteiger partial charge on any atom is -0.358 e. The number of carbonyl (C=O) groups excluding carboxylic acids is 1. The predicted octanol–water partition coefficient (Wildman–Crippen LogP) is -1.75. The molecule has 0 spiro atoms. The van der Waals surface area contributed by atoms with Crippen LogP contribution in [-0.2, 0) is 18.1 Å². The van der Waals surface area contributed by atoms with Crippen molar-refractivity contribution in [1.29, 1.82) is 0 Å². The van der Waals surface area contributed by atoms with Gasteiger partial charge < -0.3 is 13.3 Å². The fourth-order valence-electron chi connectivity index (χ4n) is 0.443. The monoisotopic (exact) mass is 195 g/mol. The number of isocyanates is 1. The van der Waals surface area contributed by atoms with Gasteiger partial charge in [0.05, 0.1) is 0 Å². The van der Waals surface area contributed by atoms with Crippen LogP contribution in [0.3, 0.4) is 0 Å². The van der Waals surface area contributed by atoms with Gasteiger partial charge in [-0.15, -0.1) is 0 Å². The van der Waals surface area contributed by atoms with Crippen molar-refractivity contribution >= 4 is 26.0 Å². The highest BCUT2D eigenvalue weighted by atomic mass is 28.4. The van der Waals surface area contributed by atoms with Crippen LogP contribution in [0.4, 0.5) is 0 Å². The Balaban J connectivity index is 0. The van der Waals surface area contributed by atoms with E-state index in [2.05, 4.69) is 4.66 Å². The summed E-state index contributed by atoms with van der Waals surface area (Å²) in [7, 11) is 1.07. The molecular weight excluding hydrogens is 182 g/mol. The van der Waals surface area contributed by atoms with E-state index in [9.17, 15) is 4.79 Å². The van der Waals surface area contributed by atoms with Gasteiger partial charge in [-0.25, -0.2) is 4.79 Å². The molecular formula is C4H13NO4Si2. The zero-order valence-corrected chi connectivity index (χ0v) is 7.08. The van der Waals surface area contributed by atoms with E-state index in [1.165, 1.54) is 27.4 Å². The molecule has 0 saturated carbocycles. The van der Waals surface area contributed by atoms with Crippen molar-refractivity contribution in [2.24, 2.45) is 4.66 Å². The topological polar surface area (TPSA) is 57.1 Å². The highest BCUT2D eigenvalue weighted by molar-refractivity contribution is 6.59. The standard InChI is InChI=1S/C4H9NO4Si.H4Si/c1-7-10(8-2,9-3)5-4-6;/h1-3H3;1H4. The molecule has 0 saturated heterocycles. The molecule has 0 rings (SSSR count). The molecule has 0 aliphatic rings. The van der Waals surface area contributed by atoms with E-state index in [1.807, 2.05) is 0 Å². The maximum Gasteiger partial charge on any atom is 0.662 e. The van der Waals surface area contributed by atoms with Gasteiger partial charge in [0.25, 0.3) is 0 Å². The molecule has 66 valence electrons. The van der Waals surface area contributed by atoms with Gasteiger partial charge in [-0.1, -0.05) is 0 Å². The molecule has 0 amide bonds. The lowest BCUT2D eigenvalue weighted by Crippen LogP contribution is -2.40. The fourth-order valence-corrected chi connectivity index (χ4v) is 1.33. The number of hydrogen-bond acceptors (Lipinski definition) is 5. The SMILES string of the molecule is CO[Si](N=C=O)(OC)OC.[SiH4]. The van der Waals surface area contributed by atoms with Crippen LogP contribution in [-0.4, -0.2) is 47.3 Å². The van der Waals surface area contributed by atoms with Crippen molar-refractivity contribution < 1.29 is 18.1 Å². The first-order valence-electron chi connectivity index (χ1n) is 2.49. The van der Waals surface area contributed by atoms with E-state index in [0.717, 1.165) is 0 Å². The second kappa shape index (κ2) is 6.41. The number of rotatable bonds is 4. The van der Waals surface area contributed by atoms with Gasteiger partial charge in [0.1, 0.15) is 0 Å². The summed E-state index contributed by atoms with van der Waals surface area (Å²) in [6, 6.07) is 0. The Labute approximate surface area is 70.8 Å². The molecule has 11 heavy (non-hydrogen) atoms. The Bertz CT molecular complexity index is 135. The fraction of sp³-hybridized carbons (Fsp3) is 0.750. The van der Waals surface area contributed by atoms with Crippen LogP contribution in [0.1, 0.15) is 0 Å². The molecule has 0 bridgehead atoms. The Hall–Kier alpha value is -0.306. The Morgan fingerprint density at radius 2 is 1.55 bits per heavy atom.